The maximum atomic E-state index is 12.3. The van der Waals surface area contributed by atoms with E-state index < -0.39 is 0 Å². The second-order valence-corrected chi connectivity index (χ2v) is 6.08. The van der Waals surface area contributed by atoms with Crippen molar-refractivity contribution < 1.29 is 0 Å². The highest BCUT2D eigenvalue weighted by molar-refractivity contribution is 5.75. The van der Waals surface area contributed by atoms with Gasteiger partial charge in [-0.15, -0.1) is 0 Å². The number of nitrogens with one attached hydrogen (secondary N) is 1. The number of hydrogen-bond acceptors (Lipinski definition) is 4. The van der Waals surface area contributed by atoms with Crippen molar-refractivity contribution in [1.82, 2.24) is 14.5 Å². The number of aromatic amines is 1. The van der Waals surface area contributed by atoms with Gasteiger partial charge in [-0.2, -0.15) is 5.26 Å². The Kier molecular flexibility index (Phi) is 3.54. The van der Waals surface area contributed by atoms with Crippen molar-refractivity contribution in [1.29, 1.82) is 5.26 Å². The predicted octanol–water partition coefficient (Wildman–Crippen LogP) is 2.44. The molecule has 3 heterocycles. The van der Waals surface area contributed by atoms with Crippen molar-refractivity contribution in [3.8, 4) is 6.07 Å². The van der Waals surface area contributed by atoms with Crippen LogP contribution >= 0.6 is 0 Å². The minimum Gasteiger partial charge on any atom is -0.370 e. The molecule has 3 aromatic rings. The number of piperidine rings is 1. The van der Waals surface area contributed by atoms with E-state index in [0.29, 0.717) is 5.56 Å². The van der Waals surface area contributed by atoms with Crippen molar-refractivity contribution in [2.24, 2.45) is 0 Å². The number of fused-ring (bicyclic) bond motifs is 1. The van der Waals surface area contributed by atoms with Gasteiger partial charge in [-0.25, -0.2) is 4.79 Å². The molecule has 1 saturated heterocycles. The highest BCUT2D eigenvalue weighted by Gasteiger charge is 2.23. The normalized spacial score (nSPS) is 15.5. The lowest BCUT2D eigenvalue weighted by atomic mass is 10.0. The zero-order valence-electron chi connectivity index (χ0n) is 13.1. The van der Waals surface area contributed by atoms with Crippen LogP contribution < -0.4 is 10.6 Å². The molecule has 0 atom stereocenters. The number of pyridine rings is 1. The van der Waals surface area contributed by atoms with Crippen LogP contribution in [0, 0.1) is 11.3 Å². The number of hydrogen-bond donors (Lipinski definition) is 1. The van der Waals surface area contributed by atoms with E-state index in [0.717, 1.165) is 42.7 Å². The molecule has 0 aliphatic carbocycles. The van der Waals surface area contributed by atoms with Crippen molar-refractivity contribution in [3.05, 3.63) is 58.8 Å². The summed E-state index contributed by atoms with van der Waals surface area (Å²) >= 11 is 0. The molecule has 0 saturated carbocycles. The number of nitriles is 1. The van der Waals surface area contributed by atoms with Crippen LogP contribution in [0.25, 0.3) is 11.0 Å². The first-order valence-electron chi connectivity index (χ1n) is 8.05. The Morgan fingerprint density at radius 3 is 2.79 bits per heavy atom. The molecule has 120 valence electrons. The molecule has 1 aromatic carbocycles. The van der Waals surface area contributed by atoms with E-state index in [-0.39, 0.29) is 11.7 Å². The number of aromatic nitrogens is 3. The second-order valence-electron chi connectivity index (χ2n) is 6.08. The second kappa shape index (κ2) is 5.85. The Labute approximate surface area is 139 Å². The molecule has 24 heavy (non-hydrogen) atoms. The number of anilines is 1. The molecule has 0 bridgehead atoms. The molecule has 1 aliphatic heterocycles. The first-order valence-corrected chi connectivity index (χ1v) is 8.05. The highest BCUT2D eigenvalue weighted by atomic mass is 16.1. The van der Waals surface area contributed by atoms with E-state index in [1.165, 1.54) is 0 Å². The molecule has 0 amide bonds. The van der Waals surface area contributed by atoms with Crippen LogP contribution in [0.4, 0.5) is 5.69 Å². The van der Waals surface area contributed by atoms with Gasteiger partial charge >= 0.3 is 5.69 Å². The van der Waals surface area contributed by atoms with Gasteiger partial charge in [0.15, 0.2) is 0 Å². The molecule has 0 unspecified atom stereocenters. The molecular weight excluding hydrogens is 302 g/mol. The van der Waals surface area contributed by atoms with Crippen LogP contribution in [0.15, 0.2) is 47.5 Å². The van der Waals surface area contributed by atoms with Gasteiger partial charge in [0.2, 0.25) is 0 Å². The van der Waals surface area contributed by atoms with Crippen LogP contribution in [0.1, 0.15) is 24.4 Å². The predicted molar refractivity (Wildman–Crippen MR) is 92.0 cm³/mol. The average molecular weight is 319 g/mol. The molecule has 6 heteroatoms. The summed E-state index contributed by atoms with van der Waals surface area (Å²) in [6, 6.07) is 12.0. The number of nitrogens with zero attached hydrogens (tertiary/aromatic N) is 4. The fraction of sp³-hybridized carbons (Fsp3) is 0.278. The smallest absolute Gasteiger partial charge is 0.326 e. The van der Waals surface area contributed by atoms with Gasteiger partial charge in [0.05, 0.1) is 28.5 Å². The molecule has 2 aromatic heterocycles. The number of para-hydroxylation sites is 2. The molecule has 1 N–H and O–H groups in total. The van der Waals surface area contributed by atoms with Gasteiger partial charge in [-0.05, 0) is 31.0 Å². The summed E-state index contributed by atoms with van der Waals surface area (Å²) in [4.78, 5) is 21.6. The molecule has 1 fully saturated rings. The highest BCUT2D eigenvalue weighted by Crippen LogP contribution is 2.27. The summed E-state index contributed by atoms with van der Waals surface area (Å²) in [7, 11) is 0. The SMILES string of the molecule is N#Cc1cncc(N2CCC(n3c(=O)[nH]c4ccccc43)CC2)c1. The van der Waals surface area contributed by atoms with E-state index in [9.17, 15) is 4.79 Å². The first-order chi connectivity index (χ1) is 11.8. The summed E-state index contributed by atoms with van der Waals surface area (Å²) in [5, 5.41) is 9.01. The average Bonchev–Trinajstić information content (AvgIpc) is 2.97. The zero-order chi connectivity index (χ0) is 16.5. The number of H-pyrrole nitrogens is 1. The lowest BCUT2D eigenvalue weighted by Crippen LogP contribution is -2.37. The Bertz CT molecular complexity index is 973. The third kappa shape index (κ3) is 2.44. The van der Waals surface area contributed by atoms with E-state index >= 15 is 0 Å². The van der Waals surface area contributed by atoms with Gasteiger partial charge in [-0.3, -0.25) is 9.55 Å². The Morgan fingerprint density at radius 1 is 1.21 bits per heavy atom. The summed E-state index contributed by atoms with van der Waals surface area (Å²) < 4.78 is 1.89. The van der Waals surface area contributed by atoms with Gasteiger partial charge in [0.1, 0.15) is 6.07 Å². The van der Waals surface area contributed by atoms with E-state index in [2.05, 4.69) is 20.9 Å². The quantitative estimate of drug-likeness (QED) is 0.787. The third-order valence-corrected chi connectivity index (χ3v) is 4.67. The van der Waals surface area contributed by atoms with Crippen LogP contribution in [-0.2, 0) is 0 Å². The minimum absolute atomic E-state index is 0.0391. The monoisotopic (exact) mass is 319 g/mol. The van der Waals surface area contributed by atoms with Crippen molar-refractivity contribution >= 4 is 16.7 Å². The first kappa shape index (κ1) is 14.5. The molecule has 4 rings (SSSR count). The van der Waals surface area contributed by atoms with Crippen LogP contribution in [0.3, 0.4) is 0 Å². The van der Waals surface area contributed by atoms with E-state index in [1.54, 1.807) is 12.4 Å². The van der Waals surface area contributed by atoms with E-state index in [4.69, 9.17) is 5.26 Å². The maximum absolute atomic E-state index is 12.3. The summed E-state index contributed by atoms with van der Waals surface area (Å²) in [5.41, 5.74) is 3.36. The number of imidazole rings is 1. The standard InChI is InChI=1S/C18H17N5O/c19-10-13-9-15(12-20-11-13)22-7-5-14(6-8-22)23-17-4-2-1-3-16(17)21-18(23)24/h1-4,9,11-12,14H,5-8H2,(H,21,24). The zero-order valence-corrected chi connectivity index (χ0v) is 13.1. The van der Waals surface area contributed by atoms with Crippen LogP contribution in [0.2, 0.25) is 0 Å². The molecular formula is C18H17N5O. The Hall–Kier alpha value is -3.07. The summed E-state index contributed by atoms with van der Waals surface area (Å²) in [6.07, 6.45) is 5.14. The number of benzene rings is 1. The summed E-state index contributed by atoms with van der Waals surface area (Å²) in [5.74, 6) is 0. The lowest BCUT2D eigenvalue weighted by molar-refractivity contribution is 0.396. The van der Waals surface area contributed by atoms with Crippen molar-refractivity contribution in [2.45, 2.75) is 18.9 Å². The van der Waals surface area contributed by atoms with Gasteiger partial charge < -0.3 is 9.88 Å². The van der Waals surface area contributed by atoms with Crippen LogP contribution in [0.5, 0.6) is 0 Å². The topological polar surface area (TPSA) is 77.7 Å². The third-order valence-electron chi connectivity index (χ3n) is 4.67. The summed E-state index contributed by atoms with van der Waals surface area (Å²) in [6.45, 7) is 1.68. The fourth-order valence-electron chi connectivity index (χ4n) is 3.48. The molecule has 1 aliphatic rings. The Morgan fingerprint density at radius 2 is 2.00 bits per heavy atom. The molecule has 0 radical (unpaired) electrons. The maximum Gasteiger partial charge on any atom is 0.326 e. The molecule has 6 nitrogen and oxygen atoms in total. The van der Waals surface area contributed by atoms with Crippen molar-refractivity contribution in [3.63, 3.8) is 0 Å². The Balaban J connectivity index is 1.57. The van der Waals surface area contributed by atoms with Crippen LogP contribution in [-0.4, -0.2) is 27.6 Å². The van der Waals surface area contributed by atoms with E-state index in [1.807, 2.05) is 34.9 Å². The van der Waals surface area contributed by atoms with Gasteiger partial charge in [0.25, 0.3) is 0 Å². The van der Waals surface area contributed by atoms with Crippen molar-refractivity contribution in [2.75, 3.05) is 18.0 Å². The van der Waals surface area contributed by atoms with Gasteiger partial charge in [0, 0.05) is 25.3 Å². The van der Waals surface area contributed by atoms with Gasteiger partial charge in [-0.1, -0.05) is 12.1 Å². The minimum atomic E-state index is -0.0391. The lowest BCUT2D eigenvalue weighted by Gasteiger charge is -2.33. The fourth-order valence-corrected chi connectivity index (χ4v) is 3.48. The molecule has 0 spiro atoms. The number of rotatable bonds is 2. The largest absolute Gasteiger partial charge is 0.370 e.